The first kappa shape index (κ1) is 27.0. The highest BCUT2D eigenvalue weighted by Crippen LogP contribution is 2.63. The van der Waals surface area contributed by atoms with E-state index in [1.54, 1.807) is 12.1 Å². The lowest BCUT2D eigenvalue weighted by Gasteiger charge is -2.58. The molecule has 2 heterocycles. The van der Waals surface area contributed by atoms with Crippen molar-refractivity contribution in [2.75, 3.05) is 25.0 Å². The molecule has 2 aliphatic carbocycles. The van der Waals surface area contributed by atoms with Gasteiger partial charge in [-0.3, -0.25) is 9.59 Å². The van der Waals surface area contributed by atoms with Crippen LogP contribution in [0.5, 0.6) is 0 Å². The van der Waals surface area contributed by atoms with Crippen LogP contribution in [0.1, 0.15) is 62.4 Å². The molecule has 1 aliphatic heterocycles. The molecule has 8 nitrogen and oxygen atoms in total. The van der Waals surface area contributed by atoms with Crippen molar-refractivity contribution >= 4 is 34.0 Å². The number of hydrogen-bond donors (Lipinski definition) is 4. The first-order chi connectivity index (χ1) is 18.0. The first-order valence-electron chi connectivity index (χ1n) is 13.4. The minimum Gasteiger partial charge on any atom is -0.396 e. The number of carbonyl (C=O) groups excluding carboxylic acids is 2. The van der Waals surface area contributed by atoms with Crippen LogP contribution in [0, 0.1) is 28.5 Å². The number of nitrogens with two attached hydrogens (primary N) is 1. The molecule has 206 valence electrons. The summed E-state index contributed by atoms with van der Waals surface area (Å²) >= 11 is 1.52. The van der Waals surface area contributed by atoms with Gasteiger partial charge in [-0.05, 0) is 67.7 Å². The van der Waals surface area contributed by atoms with Crippen molar-refractivity contribution < 1.29 is 24.2 Å². The molecule has 2 amide bonds. The molecular formula is C28H37FN4O4S. The SMILES string of the molecule is CC1(CO)C(O)CCC2(C)C(CC(=O)N3CCC(C(N)=O)CC3)c3nc(Nc4ccc(F)cc4)sc3CC12. The van der Waals surface area contributed by atoms with Crippen LogP contribution in [0.3, 0.4) is 0 Å². The molecule has 3 aliphatic rings. The monoisotopic (exact) mass is 544 g/mol. The molecule has 0 radical (unpaired) electrons. The predicted octanol–water partition coefficient (Wildman–Crippen LogP) is 3.56. The second-order valence-corrected chi connectivity index (χ2v) is 12.8. The summed E-state index contributed by atoms with van der Waals surface area (Å²) in [6.07, 6.45) is 2.76. The van der Waals surface area contributed by atoms with Gasteiger partial charge in [0.1, 0.15) is 5.82 Å². The lowest BCUT2D eigenvalue weighted by Crippen LogP contribution is -2.58. The van der Waals surface area contributed by atoms with E-state index in [4.69, 9.17) is 10.7 Å². The Morgan fingerprint density at radius 1 is 1.21 bits per heavy atom. The van der Waals surface area contributed by atoms with Crippen LogP contribution in [-0.4, -0.2) is 57.7 Å². The number of nitrogens with zero attached hydrogens (tertiary/aromatic N) is 2. The van der Waals surface area contributed by atoms with Crippen LogP contribution in [0.25, 0.3) is 0 Å². The minimum atomic E-state index is -0.694. The third-order valence-electron chi connectivity index (χ3n) is 9.62. The predicted molar refractivity (Wildman–Crippen MR) is 143 cm³/mol. The number of likely N-dealkylation sites (tertiary alicyclic amines) is 1. The summed E-state index contributed by atoms with van der Waals surface area (Å²) in [5.41, 5.74) is 6.07. The maximum Gasteiger partial charge on any atom is 0.223 e. The number of piperidine rings is 1. The van der Waals surface area contributed by atoms with E-state index in [1.165, 1.54) is 23.5 Å². The molecule has 2 aromatic rings. The number of anilines is 2. The number of rotatable bonds is 6. The van der Waals surface area contributed by atoms with Crippen molar-refractivity contribution in [3.63, 3.8) is 0 Å². The van der Waals surface area contributed by atoms with Gasteiger partial charge in [0.2, 0.25) is 11.8 Å². The Balaban J connectivity index is 1.47. The normalized spacial score (nSPS) is 31.4. The zero-order chi connectivity index (χ0) is 27.2. The molecule has 1 aromatic carbocycles. The quantitative estimate of drug-likeness (QED) is 0.440. The molecule has 5 N–H and O–H groups in total. The van der Waals surface area contributed by atoms with Gasteiger partial charge in [-0.2, -0.15) is 0 Å². The van der Waals surface area contributed by atoms with Crippen molar-refractivity contribution in [3.05, 3.63) is 40.7 Å². The second kappa shape index (κ2) is 10.2. The number of nitrogens with one attached hydrogen (secondary N) is 1. The van der Waals surface area contributed by atoms with Crippen LogP contribution in [0.4, 0.5) is 15.2 Å². The van der Waals surface area contributed by atoms with Gasteiger partial charge < -0.3 is 26.2 Å². The molecule has 1 saturated heterocycles. The number of amides is 2. The third-order valence-corrected chi connectivity index (χ3v) is 10.6. The number of carbonyl (C=O) groups is 2. The van der Waals surface area contributed by atoms with Gasteiger partial charge in [0.05, 0.1) is 18.4 Å². The highest BCUT2D eigenvalue weighted by molar-refractivity contribution is 7.15. The Hall–Kier alpha value is -2.56. The van der Waals surface area contributed by atoms with Crippen molar-refractivity contribution in [3.8, 4) is 0 Å². The number of aliphatic hydroxyl groups is 2. The Morgan fingerprint density at radius 2 is 1.89 bits per heavy atom. The highest BCUT2D eigenvalue weighted by atomic mass is 32.1. The summed E-state index contributed by atoms with van der Waals surface area (Å²) in [5, 5.41) is 25.4. The average Bonchev–Trinajstić information content (AvgIpc) is 3.31. The van der Waals surface area contributed by atoms with E-state index in [-0.39, 0.29) is 53.8 Å². The Bertz CT molecular complexity index is 1200. The van der Waals surface area contributed by atoms with Gasteiger partial charge in [0, 0.05) is 47.3 Å². The zero-order valence-corrected chi connectivity index (χ0v) is 22.8. The van der Waals surface area contributed by atoms with E-state index in [9.17, 15) is 24.2 Å². The zero-order valence-electron chi connectivity index (χ0n) is 22.0. The summed E-state index contributed by atoms with van der Waals surface area (Å²) in [6, 6.07) is 6.10. The molecule has 0 bridgehead atoms. The van der Waals surface area contributed by atoms with Gasteiger partial charge in [0.25, 0.3) is 0 Å². The molecule has 5 atom stereocenters. The second-order valence-electron chi connectivity index (χ2n) is 11.8. The van der Waals surface area contributed by atoms with Crippen molar-refractivity contribution in [2.24, 2.45) is 28.4 Å². The number of halogens is 1. The molecule has 5 unspecified atom stereocenters. The van der Waals surface area contributed by atoms with Crippen molar-refractivity contribution in [1.82, 2.24) is 9.88 Å². The van der Waals surface area contributed by atoms with E-state index >= 15 is 0 Å². The van der Waals surface area contributed by atoms with Crippen molar-refractivity contribution in [1.29, 1.82) is 0 Å². The lowest BCUT2D eigenvalue weighted by atomic mass is 9.47. The largest absolute Gasteiger partial charge is 0.396 e. The number of benzene rings is 1. The molecule has 0 spiro atoms. The van der Waals surface area contributed by atoms with E-state index in [0.717, 1.165) is 22.7 Å². The number of fused-ring (bicyclic) bond motifs is 2. The fourth-order valence-corrected chi connectivity index (χ4v) is 8.16. The number of hydrogen-bond acceptors (Lipinski definition) is 7. The number of aliphatic hydroxyl groups excluding tert-OH is 2. The number of primary amides is 1. The van der Waals surface area contributed by atoms with Gasteiger partial charge in [-0.1, -0.05) is 13.8 Å². The maximum absolute atomic E-state index is 13.6. The summed E-state index contributed by atoms with van der Waals surface area (Å²) in [7, 11) is 0. The fraction of sp³-hybridized carbons (Fsp3) is 0.607. The summed E-state index contributed by atoms with van der Waals surface area (Å²) in [6.45, 7) is 5.02. The lowest BCUT2D eigenvalue weighted by molar-refractivity contribution is -0.148. The molecule has 1 saturated carbocycles. The van der Waals surface area contributed by atoms with Gasteiger partial charge in [-0.15, -0.1) is 11.3 Å². The Labute approximate surface area is 226 Å². The third kappa shape index (κ3) is 4.71. The molecule has 2 fully saturated rings. The van der Waals surface area contributed by atoms with Gasteiger partial charge in [0.15, 0.2) is 5.13 Å². The summed E-state index contributed by atoms with van der Waals surface area (Å²) < 4.78 is 13.4. The molecule has 38 heavy (non-hydrogen) atoms. The highest BCUT2D eigenvalue weighted by Gasteiger charge is 2.59. The van der Waals surface area contributed by atoms with Crippen molar-refractivity contribution in [2.45, 2.75) is 64.4 Å². The van der Waals surface area contributed by atoms with E-state index in [2.05, 4.69) is 12.2 Å². The minimum absolute atomic E-state index is 0.0311. The van der Waals surface area contributed by atoms with E-state index in [1.807, 2.05) is 11.8 Å². The average molecular weight is 545 g/mol. The summed E-state index contributed by atoms with van der Waals surface area (Å²) in [5.74, 6) is -0.997. The van der Waals surface area contributed by atoms with Crippen LogP contribution in [0.15, 0.2) is 24.3 Å². The van der Waals surface area contributed by atoms with Gasteiger partial charge >= 0.3 is 0 Å². The topological polar surface area (TPSA) is 129 Å². The number of thiazole rings is 1. The van der Waals surface area contributed by atoms with Gasteiger partial charge in [-0.25, -0.2) is 9.37 Å². The van der Waals surface area contributed by atoms with E-state index in [0.29, 0.717) is 43.9 Å². The molecule has 1 aromatic heterocycles. The standard InChI is InChI=1S/C28H37FN4O4S/c1-27-10-7-22(35)28(2,15-34)21(27)14-20-24(32-26(38-20)31-18-5-3-17(29)4-6-18)19(27)13-23(36)33-11-8-16(9-12-33)25(30)37/h3-6,16,19,21-22,34-35H,7-15H2,1-2H3,(H2,30,37)(H,31,32). The maximum atomic E-state index is 13.6. The Morgan fingerprint density at radius 3 is 2.53 bits per heavy atom. The van der Waals surface area contributed by atoms with Crippen LogP contribution < -0.4 is 11.1 Å². The first-order valence-corrected chi connectivity index (χ1v) is 14.2. The van der Waals surface area contributed by atoms with Crippen LogP contribution in [-0.2, 0) is 16.0 Å². The van der Waals surface area contributed by atoms with Crippen LogP contribution in [0.2, 0.25) is 0 Å². The van der Waals surface area contributed by atoms with Crippen LogP contribution >= 0.6 is 11.3 Å². The molecule has 5 rings (SSSR count). The smallest absolute Gasteiger partial charge is 0.223 e. The molecular weight excluding hydrogens is 507 g/mol. The molecule has 10 heteroatoms. The van der Waals surface area contributed by atoms with E-state index < -0.39 is 11.5 Å². The fourth-order valence-electron chi connectivity index (χ4n) is 7.07. The Kier molecular flexibility index (Phi) is 7.26. The number of aromatic nitrogens is 1. The summed E-state index contributed by atoms with van der Waals surface area (Å²) in [4.78, 5) is 33.1.